The normalized spacial score (nSPS) is 13.0. The van der Waals surface area contributed by atoms with Crippen molar-refractivity contribution < 1.29 is 14.3 Å². The molecule has 0 bridgehead atoms. The minimum atomic E-state index is -0.503. The van der Waals surface area contributed by atoms with E-state index >= 15 is 0 Å². The summed E-state index contributed by atoms with van der Waals surface area (Å²) in [7, 11) is 1.94. The first-order valence-electron chi connectivity index (χ1n) is 12.4. The molecule has 0 radical (unpaired) electrons. The molecule has 1 N–H and O–H groups in total. The highest BCUT2D eigenvalue weighted by Gasteiger charge is 2.22. The number of benzene rings is 1. The molecule has 0 amide bonds. The zero-order valence-corrected chi connectivity index (χ0v) is 21.0. The lowest BCUT2D eigenvalue weighted by Gasteiger charge is -2.21. The van der Waals surface area contributed by atoms with Gasteiger partial charge >= 0.3 is 5.97 Å². The maximum atomic E-state index is 13.1. The van der Waals surface area contributed by atoms with Gasteiger partial charge in [-0.15, -0.1) is 0 Å². The highest BCUT2D eigenvalue weighted by atomic mass is 16.5. The molecular formula is C27H30N6O4. The third-order valence-corrected chi connectivity index (χ3v) is 6.10. The van der Waals surface area contributed by atoms with Gasteiger partial charge in [-0.05, 0) is 37.5 Å². The molecule has 0 saturated heterocycles. The van der Waals surface area contributed by atoms with Gasteiger partial charge < -0.3 is 24.3 Å². The second kappa shape index (κ2) is 10.8. The van der Waals surface area contributed by atoms with Crippen molar-refractivity contribution in [2.24, 2.45) is 0 Å². The summed E-state index contributed by atoms with van der Waals surface area (Å²) in [5.41, 5.74) is 1.90. The minimum absolute atomic E-state index is 0.179. The Bertz CT molecular complexity index is 1440. The number of ether oxygens (including phenoxy) is 2. The molecule has 5 rings (SSSR count). The monoisotopic (exact) mass is 502 g/mol. The average Bonchev–Trinajstić information content (AvgIpc) is 3.62. The number of anilines is 3. The highest BCUT2D eigenvalue weighted by molar-refractivity contribution is 5.96. The Balaban J connectivity index is 1.48. The molecule has 10 heteroatoms. The van der Waals surface area contributed by atoms with E-state index in [1.54, 1.807) is 28.3 Å². The molecule has 0 atom stereocenters. The fourth-order valence-electron chi connectivity index (χ4n) is 4.07. The van der Waals surface area contributed by atoms with Crippen LogP contribution >= 0.6 is 0 Å². The molecule has 0 spiro atoms. The fourth-order valence-corrected chi connectivity index (χ4v) is 4.07. The smallest absolute Gasteiger partial charge is 0.343 e. The summed E-state index contributed by atoms with van der Waals surface area (Å²) in [6.45, 7) is 3.55. The van der Waals surface area contributed by atoms with E-state index in [0.29, 0.717) is 48.8 Å². The lowest BCUT2D eigenvalue weighted by atomic mass is 10.2. The SMILES string of the molecule is CCOC(=O)c1cnn2c(N(C)Cc3ccccc3)cc(Nc3cccn(CCOC4CC4)c3=O)nc12. The van der Waals surface area contributed by atoms with E-state index in [4.69, 9.17) is 9.47 Å². The van der Waals surface area contributed by atoms with E-state index < -0.39 is 5.97 Å². The topological polar surface area (TPSA) is 103 Å². The number of rotatable bonds is 11. The molecule has 1 saturated carbocycles. The van der Waals surface area contributed by atoms with E-state index in [2.05, 4.69) is 15.4 Å². The number of carbonyl (C=O) groups is 1. The van der Waals surface area contributed by atoms with Crippen molar-refractivity contribution in [3.05, 3.63) is 82.4 Å². The third kappa shape index (κ3) is 5.64. The number of esters is 1. The van der Waals surface area contributed by atoms with Crippen LogP contribution in [0.15, 0.2) is 65.7 Å². The number of hydrogen-bond donors (Lipinski definition) is 1. The van der Waals surface area contributed by atoms with Gasteiger partial charge in [0.15, 0.2) is 5.65 Å². The molecule has 3 heterocycles. The van der Waals surface area contributed by atoms with Gasteiger partial charge in [0.05, 0.1) is 25.5 Å². The Kier molecular flexibility index (Phi) is 7.18. The fraction of sp³-hybridized carbons (Fsp3) is 0.333. The standard InChI is InChI=1S/C27H30N6O4/c1-3-36-27(35)21-17-28-33-24(31(2)18-19-8-5-4-6-9-19)16-23(30-25(21)33)29-22-10-7-13-32(26(22)34)14-15-37-20-11-12-20/h4-10,13,16-17,20H,3,11-12,14-15,18H2,1-2H3,(H,29,30). The Labute approximate surface area is 214 Å². The number of pyridine rings is 1. The first-order valence-corrected chi connectivity index (χ1v) is 12.4. The number of carbonyl (C=O) groups excluding carboxylic acids is 1. The molecule has 1 aromatic carbocycles. The van der Waals surface area contributed by atoms with E-state index in [0.717, 1.165) is 18.4 Å². The van der Waals surface area contributed by atoms with Gasteiger partial charge in [0, 0.05) is 32.4 Å². The molecule has 0 aliphatic heterocycles. The molecule has 3 aromatic heterocycles. The number of nitrogens with one attached hydrogen (secondary N) is 1. The van der Waals surface area contributed by atoms with Crippen LogP contribution in [0.3, 0.4) is 0 Å². The molecule has 192 valence electrons. The summed E-state index contributed by atoms with van der Waals surface area (Å²) in [5.74, 6) is 0.607. The van der Waals surface area contributed by atoms with Crippen LogP contribution in [0.4, 0.5) is 17.3 Å². The van der Waals surface area contributed by atoms with Crippen LogP contribution in [0.1, 0.15) is 35.7 Å². The summed E-state index contributed by atoms with van der Waals surface area (Å²) < 4.78 is 14.1. The summed E-state index contributed by atoms with van der Waals surface area (Å²) in [4.78, 5) is 32.4. The lowest BCUT2D eigenvalue weighted by Crippen LogP contribution is -2.24. The van der Waals surface area contributed by atoms with Crippen LogP contribution in [-0.2, 0) is 22.6 Å². The largest absolute Gasteiger partial charge is 0.462 e. The number of aromatic nitrogens is 4. The van der Waals surface area contributed by atoms with E-state index in [1.807, 2.05) is 54.4 Å². The van der Waals surface area contributed by atoms with E-state index in [1.165, 1.54) is 6.20 Å². The van der Waals surface area contributed by atoms with E-state index in [-0.39, 0.29) is 17.7 Å². The lowest BCUT2D eigenvalue weighted by molar-refractivity contribution is 0.0528. The summed E-state index contributed by atoms with van der Waals surface area (Å²) >= 11 is 0. The Morgan fingerprint density at radius 3 is 2.76 bits per heavy atom. The number of fused-ring (bicyclic) bond motifs is 1. The molecular weight excluding hydrogens is 472 g/mol. The molecule has 1 aliphatic carbocycles. The first-order chi connectivity index (χ1) is 18.0. The van der Waals surface area contributed by atoms with Gasteiger partial charge in [0.1, 0.15) is 22.9 Å². The summed E-state index contributed by atoms with van der Waals surface area (Å²) in [6, 6.07) is 15.4. The minimum Gasteiger partial charge on any atom is -0.462 e. The molecule has 37 heavy (non-hydrogen) atoms. The zero-order chi connectivity index (χ0) is 25.8. The van der Waals surface area contributed by atoms with Gasteiger partial charge in [-0.3, -0.25) is 4.79 Å². The Morgan fingerprint density at radius 1 is 1.19 bits per heavy atom. The molecule has 0 unspecified atom stereocenters. The van der Waals surface area contributed by atoms with Crippen LogP contribution in [0.25, 0.3) is 5.65 Å². The van der Waals surface area contributed by atoms with Crippen molar-refractivity contribution in [2.45, 2.75) is 39.0 Å². The highest BCUT2D eigenvalue weighted by Crippen LogP contribution is 2.25. The van der Waals surface area contributed by atoms with Crippen LogP contribution in [0, 0.1) is 0 Å². The summed E-state index contributed by atoms with van der Waals surface area (Å²) in [6.07, 6.45) is 5.72. The van der Waals surface area contributed by atoms with Gasteiger partial charge in [-0.2, -0.15) is 9.61 Å². The maximum Gasteiger partial charge on any atom is 0.343 e. The molecule has 10 nitrogen and oxygen atoms in total. The van der Waals surface area contributed by atoms with Gasteiger partial charge in [0.25, 0.3) is 5.56 Å². The zero-order valence-electron chi connectivity index (χ0n) is 21.0. The molecule has 1 aliphatic rings. The van der Waals surface area contributed by atoms with Crippen molar-refractivity contribution in [2.75, 3.05) is 30.5 Å². The van der Waals surface area contributed by atoms with Crippen molar-refractivity contribution in [3.8, 4) is 0 Å². The van der Waals surface area contributed by atoms with Crippen molar-refractivity contribution in [1.82, 2.24) is 19.2 Å². The quantitative estimate of drug-likeness (QED) is 0.310. The second-order valence-electron chi connectivity index (χ2n) is 8.97. The maximum absolute atomic E-state index is 13.1. The van der Waals surface area contributed by atoms with Crippen LogP contribution in [0.2, 0.25) is 0 Å². The van der Waals surface area contributed by atoms with Gasteiger partial charge in [-0.25, -0.2) is 9.78 Å². The Morgan fingerprint density at radius 2 is 2.00 bits per heavy atom. The van der Waals surface area contributed by atoms with Crippen LogP contribution < -0.4 is 15.8 Å². The summed E-state index contributed by atoms with van der Waals surface area (Å²) in [5, 5.41) is 7.58. The van der Waals surface area contributed by atoms with Crippen LogP contribution in [0.5, 0.6) is 0 Å². The van der Waals surface area contributed by atoms with Gasteiger partial charge in [-0.1, -0.05) is 30.3 Å². The third-order valence-electron chi connectivity index (χ3n) is 6.10. The number of hydrogen-bond acceptors (Lipinski definition) is 8. The molecule has 1 fully saturated rings. The first kappa shape index (κ1) is 24.5. The average molecular weight is 503 g/mol. The predicted octanol–water partition coefficient (Wildman–Crippen LogP) is 3.63. The van der Waals surface area contributed by atoms with E-state index in [9.17, 15) is 9.59 Å². The van der Waals surface area contributed by atoms with Crippen molar-refractivity contribution in [1.29, 1.82) is 0 Å². The van der Waals surface area contributed by atoms with Crippen molar-refractivity contribution in [3.63, 3.8) is 0 Å². The number of nitrogens with zero attached hydrogens (tertiary/aromatic N) is 5. The van der Waals surface area contributed by atoms with Crippen LogP contribution in [-0.4, -0.2) is 51.5 Å². The van der Waals surface area contributed by atoms with Gasteiger partial charge in [0.2, 0.25) is 0 Å². The second-order valence-corrected chi connectivity index (χ2v) is 8.97. The Hall–Kier alpha value is -4.18. The van der Waals surface area contributed by atoms with Crippen molar-refractivity contribution >= 4 is 28.9 Å². The molecule has 4 aromatic rings. The predicted molar refractivity (Wildman–Crippen MR) is 140 cm³/mol.